The first-order valence-electron chi connectivity index (χ1n) is 4.55. The molecule has 78 valence electrons. The maximum atomic E-state index is 10.5. The van der Waals surface area contributed by atoms with E-state index in [2.05, 4.69) is 11.8 Å². The van der Waals surface area contributed by atoms with Gasteiger partial charge in [0, 0.05) is 5.56 Å². The Hall–Kier alpha value is -1.95. The SMILES string of the molecule is COc1ccc(C)c(C#CCC(N)=O)c1. The number of hydrogen-bond acceptors (Lipinski definition) is 2. The van der Waals surface area contributed by atoms with E-state index >= 15 is 0 Å². The summed E-state index contributed by atoms with van der Waals surface area (Å²) in [7, 11) is 1.60. The summed E-state index contributed by atoms with van der Waals surface area (Å²) < 4.78 is 5.08. The monoisotopic (exact) mass is 203 g/mol. The molecule has 1 rings (SSSR count). The Morgan fingerprint density at radius 3 is 2.87 bits per heavy atom. The average Bonchev–Trinajstić information content (AvgIpc) is 2.20. The van der Waals surface area contributed by atoms with Crippen LogP contribution in [0, 0.1) is 18.8 Å². The molecule has 0 aliphatic heterocycles. The van der Waals surface area contributed by atoms with Crippen molar-refractivity contribution in [2.24, 2.45) is 5.73 Å². The van der Waals surface area contributed by atoms with Gasteiger partial charge in [0.15, 0.2) is 0 Å². The summed E-state index contributed by atoms with van der Waals surface area (Å²) in [6.45, 7) is 1.95. The molecule has 15 heavy (non-hydrogen) atoms. The molecule has 0 unspecified atom stereocenters. The van der Waals surface area contributed by atoms with Gasteiger partial charge >= 0.3 is 0 Å². The van der Waals surface area contributed by atoms with Gasteiger partial charge in [-0.05, 0) is 24.6 Å². The molecule has 0 aliphatic rings. The van der Waals surface area contributed by atoms with Crippen molar-refractivity contribution in [3.63, 3.8) is 0 Å². The van der Waals surface area contributed by atoms with Gasteiger partial charge in [0.05, 0.1) is 13.5 Å². The van der Waals surface area contributed by atoms with Crippen molar-refractivity contribution in [3.8, 4) is 17.6 Å². The highest BCUT2D eigenvalue weighted by molar-refractivity contribution is 5.76. The molecule has 0 aliphatic carbocycles. The van der Waals surface area contributed by atoms with Crippen LogP contribution in [0.4, 0.5) is 0 Å². The number of carbonyl (C=O) groups excluding carboxylic acids is 1. The number of benzene rings is 1. The van der Waals surface area contributed by atoms with Crippen LogP contribution in [-0.4, -0.2) is 13.0 Å². The second-order valence-electron chi connectivity index (χ2n) is 3.13. The van der Waals surface area contributed by atoms with Crippen LogP contribution >= 0.6 is 0 Å². The van der Waals surface area contributed by atoms with Gasteiger partial charge in [0.2, 0.25) is 5.91 Å². The predicted molar refractivity (Wildman–Crippen MR) is 58.4 cm³/mol. The molecular weight excluding hydrogens is 190 g/mol. The number of carbonyl (C=O) groups is 1. The number of rotatable bonds is 2. The van der Waals surface area contributed by atoms with E-state index in [0.29, 0.717) is 0 Å². The third-order valence-electron chi connectivity index (χ3n) is 1.93. The van der Waals surface area contributed by atoms with Gasteiger partial charge in [-0.2, -0.15) is 0 Å². The van der Waals surface area contributed by atoms with Gasteiger partial charge < -0.3 is 10.5 Å². The number of primary amides is 1. The Morgan fingerprint density at radius 1 is 1.53 bits per heavy atom. The van der Waals surface area contributed by atoms with Crippen molar-refractivity contribution in [1.29, 1.82) is 0 Å². The van der Waals surface area contributed by atoms with Crippen LogP contribution < -0.4 is 10.5 Å². The number of nitrogens with two attached hydrogens (primary N) is 1. The summed E-state index contributed by atoms with van der Waals surface area (Å²) >= 11 is 0. The van der Waals surface area contributed by atoms with Gasteiger partial charge in [-0.25, -0.2) is 0 Å². The molecule has 0 aromatic heterocycles. The molecule has 0 fully saturated rings. The topological polar surface area (TPSA) is 52.3 Å². The third-order valence-corrected chi connectivity index (χ3v) is 1.93. The fourth-order valence-electron chi connectivity index (χ4n) is 1.09. The van der Waals surface area contributed by atoms with Crippen LogP contribution in [0.1, 0.15) is 17.5 Å². The van der Waals surface area contributed by atoms with Crippen LogP contribution in [0.25, 0.3) is 0 Å². The van der Waals surface area contributed by atoms with Crippen molar-refractivity contribution < 1.29 is 9.53 Å². The molecule has 0 saturated carbocycles. The highest BCUT2D eigenvalue weighted by atomic mass is 16.5. The number of hydrogen-bond donors (Lipinski definition) is 1. The first kappa shape index (κ1) is 11.1. The Kier molecular flexibility index (Phi) is 3.75. The molecule has 2 N–H and O–H groups in total. The molecule has 0 heterocycles. The maximum absolute atomic E-state index is 10.5. The first-order chi connectivity index (χ1) is 7.13. The Morgan fingerprint density at radius 2 is 2.27 bits per heavy atom. The fourth-order valence-corrected chi connectivity index (χ4v) is 1.09. The van der Waals surface area contributed by atoms with E-state index in [-0.39, 0.29) is 6.42 Å². The lowest BCUT2D eigenvalue weighted by Crippen LogP contribution is -2.08. The zero-order chi connectivity index (χ0) is 11.3. The zero-order valence-corrected chi connectivity index (χ0v) is 8.83. The number of methoxy groups -OCH3 is 1. The zero-order valence-electron chi connectivity index (χ0n) is 8.83. The maximum Gasteiger partial charge on any atom is 0.229 e. The lowest BCUT2D eigenvalue weighted by atomic mass is 10.1. The predicted octanol–water partition coefficient (Wildman–Crippen LogP) is 1.23. The van der Waals surface area contributed by atoms with Gasteiger partial charge in [-0.15, -0.1) is 0 Å². The van der Waals surface area contributed by atoms with Crippen molar-refractivity contribution in [3.05, 3.63) is 29.3 Å². The lowest BCUT2D eigenvalue weighted by molar-refractivity contribution is -0.117. The molecule has 3 heteroatoms. The molecule has 0 saturated heterocycles. The van der Waals surface area contributed by atoms with Crippen LogP contribution in [-0.2, 0) is 4.79 Å². The average molecular weight is 203 g/mol. The molecule has 0 bridgehead atoms. The number of ether oxygens (including phenoxy) is 1. The summed E-state index contributed by atoms with van der Waals surface area (Å²) in [5, 5.41) is 0. The van der Waals surface area contributed by atoms with Gasteiger partial charge in [-0.1, -0.05) is 17.9 Å². The molecule has 3 nitrogen and oxygen atoms in total. The van der Waals surface area contributed by atoms with E-state index < -0.39 is 5.91 Å². The molecule has 0 atom stereocenters. The van der Waals surface area contributed by atoms with E-state index in [4.69, 9.17) is 10.5 Å². The van der Waals surface area contributed by atoms with Crippen molar-refractivity contribution in [2.75, 3.05) is 7.11 Å². The summed E-state index contributed by atoms with van der Waals surface area (Å²) in [5.74, 6) is 5.94. The second-order valence-corrected chi connectivity index (χ2v) is 3.13. The van der Waals surface area contributed by atoms with E-state index in [1.807, 2.05) is 25.1 Å². The van der Waals surface area contributed by atoms with Crippen molar-refractivity contribution >= 4 is 5.91 Å². The van der Waals surface area contributed by atoms with Gasteiger partial charge in [0.25, 0.3) is 0 Å². The molecule has 1 amide bonds. The summed E-state index contributed by atoms with van der Waals surface area (Å²) in [6.07, 6.45) is 0.0800. The van der Waals surface area contributed by atoms with Crippen LogP contribution in [0.15, 0.2) is 18.2 Å². The quantitative estimate of drug-likeness (QED) is 0.735. The second kappa shape index (κ2) is 5.06. The van der Waals surface area contributed by atoms with Crippen LogP contribution in [0.2, 0.25) is 0 Å². The summed E-state index contributed by atoms with van der Waals surface area (Å²) in [6, 6.07) is 5.63. The molecule has 1 aromatic rings. The van der Waals surface area contributed by atoms with Gasteiger partial charge in [-0.3, -0.25) is 4.79 Å². The summed E-state index contributed by atoms with van der Waals surface area (Å²) in [5.41, 5.74) is 6.89. The van der Waals surface area contributed by atoms with Crippen LogP contribution in [0.5, 0.6) is 5.75 Å². The van der Waals surface area contributed by atoms with Crippen LogP contribution in [0.3, 0.4) is 0 Å². The van der Waals surface area contributed by atoms with E-state index in [1.165, 1.54) is 0 Å². The normalized spacial score (nSPS) is 8.93. The summed E-state index contributed by atoms with van der Waals surface area (Å²) in [4.78, 5) is 10.5. The van der Waals surface area contributed by atoms with E-state index in [9.17, 15) is 4.79 Å². The van der Waals surface area contributed by atoms with Crippen molar-refractivity contribution in [2.45, 2.75) is 13.3 Å². The van der Waals surface area contributed by atoms with Crippen molar-refractivity contribution in [1.82, 2.24) is 0 Å². The Balaban J connectivity index is 2.91. The molecule has 1 aromatic carbocycles. The highest BCUT2D eigenvalue weighted by Gasteiger charge is 1.97. The first-order valence-corrected chi connectivity index (χ1v) is 4.55. The highest BCUT2D eigenvalue weighted by Crippen LogP contribution is 2.15. The number of aryl methyl sites for hydroxylation is 1. The standard InChI is InChI=1S/C12H13NO2/c1-9-6-7-11(15-2)8-10(9)4-3-5-12(13)14/h6-8H,5H2,1-2H3,(H2,13,14). The fraction of sp³-hybridized carbons (Fsp3) is 0.250. The molecule has 0 spiro atoms. The van der Waals surface area contributed by atoms with E-state index in [1.54, 1.807) is 7.11 Å². The largest absolute Gasteiger partial charge is 0.497 e. The lowest BCUT2D eigenvalue weighted by Gasteiger charge is -2.02. The smallest absolute Gasteiger partial charge is 0.229 e. The minimum Gasteiger partial charge on any atom is -0.497 e. The minimum atomic E-state index is -0.414. The van der Waals surface area contributed by atoms with E-state index in [0.717, 1.165) is 16.9 Å². The Bertz CT molecular complexity index is 427. The molecule has 0 radical (unpaired) electrons. The Labute approximate surface area is 89.2 Å². The molecular formula is C12H13NO2. The number of amides is 1. The minimum absolute atomic E-state index is 0.0800. The third kappa shape index (κ3) is 3.35. The van der Waals surface area contributed by atoms with Gasteiger partial charge in [0.1, 0.15) is 5.75 Å².